The number of carbonyl (C=O) groups is 1. The van der Waals surface area contributed by atoms with Crippen LogP contribution < -0.4 is 5.32 Å². The van der Waals surface area contributed by atoms with E-state index in [9.17, 15) is 4.79 Å². The van der Waals surface area contributed by atoms with Crippen molar-refractivity contribution in [2.45, 2.75) is 31.8 Å². The second kappa shape index (κ2) is 8.88. The Balaban J connectivity index is 1.40. The van der Waals surface area contributed by atoms with Crippen molar-refractivity contribution in [1.29, 1.82) is 0 Å². The number of urea groups is 1. The Bertz CT molecular complexity index is 570. The topological polar surface area (TPSA) is 44.8 Å². The highest BCUT2D eigenvalue weighted by Gasteiger charge is 2.25. The van der Waals surface area contributed by atoms with Crippen LogP contribution in [0, 0.1) is 5.92 Å². The fourth-order valence-corrected chi connectivity index (χ4v) is 3.79. The molecule has 0 radical (unpaired) electrons. The second-order valence-electron chi connectivity index (χ2n) is 7.20. The summed E-state index contributed by atoms with van der Waals surface area (Å²) in [4.78, 5) is 16.6. The summed E-state index contributed by atoms with van der Waals surface area (Å²) in [6.07, 6.45) is 3.21. The molecule has 0 aliphatic carbocycles. The molecule has 1 atom stereocenters. The number of amides is 2. The third-order valence-electron chi connectivity index (χ3n) is 5.17. The first-order valence-corrected chi connectivity index (χ1v) is 9.54. The molecule has 3 rings (SSSR count). The van der Waals surface area contributed by atoms with Gasteiger partial charge in [-0.25, -0.2) is 4.79 Å². The molecule has 0 spiro atoms. The van der Waals surface area contributed by atoms with Gasteiger partial charge >= 0.3 is 6.03 Å². The number of carbonyl (C=O) groups excluding carboxylic acids is 1. The molecule has 0 saturated carbocycles. The average Bonchev–Trinajstić information content (AvgIpc) is 3.11. The molecule has 0 bridgehead atoms. The Morgan fingerprint density at radius 1 is 1.32 bits per heavy atom. The van der Waals surface area contributed by atoms with E-state index in [0.29, 0.717) is 17.5 Å². The SMILES string of the molecule is CN(Cc1ccccc1Cl)C(=O)NC1CCN(CC2CCOC2)CC1. The summed E-state index contributed by atoms with van der Waals surface area (Å²) >= 11 is 6.18. The van der Waals surface area contributed by atoms with Gasteiger partial charge in [0.15, 0.2) is 0 Å². The summed E-state index contributed by atoms with van der Waals surface area (Å²) < 4.78 is 5.46. The molecule has 6 heteroatoms. The molecule has 2 amide bonds. The van der Waals surface area contributed by atoms with E-state index >= 15 is 0 Å². The molecule has 2 aliphatic rings. The van der Waals surface area contributed by atoms with Crippen molar-refractivity contribution >= 4 is 17.6 Å². The normalized spacial score (nSPS) is 22.1. The van der Waals surface area contributed by atoms with Gasteiger partial charge in [0.1, 0.15) is 0 Å². The smallest absolute Gasteiger partial charge is 0.317 e. The maximum Gasteiger partial charge on any atom is 0.317 e. The Morgan fingerprint density at radius 3 is 2.76 bits per heavy atom. The van der Waals surface area contributed by atoms with Gasteiger partial charge in [-0.2, -0.15) is 0 Å². The Hall–Kier alpha value is -1.30. The molecule has 1 unspecified atom stereocenters. The van der Waals surface area contributed by atoms with Crippen molar-refractivity contribution in [1.82, 2.24) is 15.1 Å². The number of rotatable bonds is 5. The molecule has 5 nitrogen and oxygen atoms in total. The molecule has 2 heterocycles. The zero-order valence-corrected chi connectivity index (χ0v) is 15.7. The third-order valence-corrected chi connectivity index (χ3v) is 5.54. The van der Waals surface area contributed by atoms with Crippen LogP contribution in [0.5, 0.6) is 0 Å². The monoisotopic (exact) mass is 365 g/mol. The molecule has 1 aromatic rings. The van der Waals surface area contributed by atoms with Gasteiger partial charge in [-0.3, -0.25) is 0 Å². The van der Waals surface area contributed by atoms with Crippen molar-refractivity contribution in [2.75, 3.05) is 39.9 Å². The quantitative estimate of drug-likeness (QED) is 0.872. The van der Waals surface area contributed by atoms with Crippen molar-refractivity contribution in [3.63, 3.8) is 0 Å². The first kappa shape index (κ1) is 18.5. The number of nitrogens with one attached hydrogen (secondary N) is 1. The van der Waals surface area contributed by atoms with Crippen molar-refractivity contribution in [3.8, 4) is 0 Å². The lowest BCUT2D eigenvalue weighted by molar-refractivity contribution is 0.145. The maximum absolute atomic E-state index is 12.4. The number of hydrogen-bond donors (Lipinski definition) is 1. The number of ether oxygens (including phenoxy) is 1. The summed E-state index contributed by atoms with van der Waals surface area (Å²) in [6, 6.07) is 7.89. The summed E-state index contributed by atoms with van der Waals surface area (Å²) in [7, 11) is 1.81. The van der Waals surface area contributed by atoms with Gasteiger partial charge in [0, 0.05) is 50.9 Å². The lowest BCUT2D eigenvalue weighted by atomic mass is 10.0. The second-order valence-corrected chi connectivity index (χ2v) is 7.61. The van der Waals surface area contributed by atoms with Crippen LogP contribution in [0.15, 0.2) is 24.3 Å². The Morgan fingerprint density at radius 2 is 2.08 bits per heavy atom. The summed E-state index contributed by atoms with van der Waals surface area (Å²) in [5, 5.41) is 3.87. The average molecular weight is 366 g/mol. The number of piperidine rings is 1. The van der Waals surface area contributed by atoms with Crippen LogP contribution in [0.1, 0.15) is 24.8 Å². The van der Waals surface area contributed by atoms with Gasteiger partial charge in [-0.05, 0) is 36.8 Å². The fraction of sp³-hybridized carbons (Fsp3) is 0.632. The van der Waals surface area contributed by atoms with E-state index in [4.69, 9.17) is 16.3 Å². The molecule has 1 N–H and O–H groups in total. The Kier molecular flexibility index (Phi) is 6.57. The molecule has 2 aliphatic heterocycles. The van der Waals surface area contributed by atoms with Crippen molar-refractivity contribution < 1.29 is 9.53 Å². The van der Waals surface area contributed by atoms with E-state index in [-0.39, 0.29) is 12.1 Å². The molecular formula is C19H28ClN3O2. The fourth-order valence-electron chi connectivity index (χ4n) is 3.59. The van der Waals surface area contributed by atoms with E-state index < -0.39 is 0 Å². The number of benzene rings is 1. The minimum Gasteiger partial charge on any atom is -0.381 e. The minimum atomic E-state index is -0.0254. The zero-order valence-electron chi connectivity index (χ0n) is 14.9. The maximum atomic E-state index is 12.4. The van der Waals surface area contributed by atoms with Crippen molar-refractivity contribution in [3.05, 3.63) is 34.9 Å². The van der Waals surface area contributed by atoms with Crippen LogP contribution >= 0.6 is 11.6 Å². The third kappa shape index (κ3) is 5.33. The molecule has 2 saturated heterocycles. The van der Waals surface area contributed by atoms with E-state index in [0.717, 1.165) is 51.3 Å². The predicted molar refractivity (Wildman–Crippen MR) is 99.8 cm³/mol. The van der Waals surface area contributed by atoms with Gasteiger partial charge in [-0.15, -0.1) is 0 Å². The minimum absolute atomic E-state index is 0.0254. The highest BCUT2D eigenvalue weighted by molar-refractivity contribution is 6.31. The van der Waals surface area contributed by atoms with Crippen LogP contribution in [0.3, 0.4) is 0 Å². The van der Waals surface area contributed by atoms with Gasteiger partial charge < -0.3 is 19.9 Å². The number of halogens is 1. The Labute approximate surface area is 155 Å². The summed E-state index contributed by atoms with van der Waals surface area (Å²) in [5.74, 6) is 0.688. The lowest BCUT2D eigenvalue weighted by Crippen LogP contribution is -2.48. The first-order chi connectivity index (χ1) is 12.1. The van der Waals surface area contributed by atoms with Gasteiger partial charge in [0.25, 0.3) is 0 Å². The molecular weight excluding hydrogens is 338 g/mol. The summed E-state index contributed by atoms with van der Waals surface area (Å²) in [5.41, 5.74) is 0.968. The molecule has 2 fully saturated rings. The van der Waals surface area contributed by atoms with E-state index in [1.165, 1.54) is 6.42 Å². The molecule has 1 aromatic carbocycles. The molecule has 138 valence electrons. The highest BCUT2D eigenvalue weighted by atomic mass is 35.5. The van der Waals surface area contributed by atoms with Gasteiger partial charge in [0.05, 0.1) is 6.61 Å². The summed E-state index contributed by atoms with van der Waals surface area (Å²) in [6.45, 7) is 5.57. The predicted octanol–water partition coefficient (Wildman–Crippen LogP) is 2.98. The number of nitrogens with zero attached hydrogens (tertiary/aromatic N) is 2. The van der Waals surface area contributed by atoms with Crippen LogP contribution in [-0.4, -0.2) is 61.8 Å². The molecule has 0 aromatic heterocycles. The van der Waals surface area contributed by atoms with Crippen LogP contribution in [0.25, 0.3) is 0 Å². The number of likely N-dealkylation sites (tertiary alicyclic amines) is 1. The van der Waals surface area contributed by atoms with Crippen LogP contribution in [0.2, 0.25) is 5.02 Å². The van der Waals surface area contributed by atoms with Gasteiger partial charge in [0.2, 0.25) is 0 Å². The number of hydrogen-bond acceptors (Lipinski definition) is 3. The molecule has 25 heavy (non-hydrogen) atoms. The van der Waals surface area contributed by atoms with Gasteiger partial charge in [-0.1, -0.05) is 29.8 Å². The van der Waals surface area contributed by atoms with E-state index in [1.807, 2.05) is 31.3 Å². The van der Waals surface area contributed by atoms with E-state index in [2.05, 4.69) is 10.2 Å². The standard InChI is InChI=1S/C19H28ClN3O2/c1-22(13-16-4-2-3-5-18(16)20)19(24)21-17-6-9-23(10-7-17)12-15-8-11-25-14-15/h2-5,15,17H,6-14H2,1H3,(H,21,24). The largest absolute Gasteiger partial charge is 0.381 e. The highest BCUT2D eigenvalue weighted by Crippen LogP contribution is 2.19. The first-order valence-electron chi connectivity index (χ1n) is 9.17. The zero-order chi connectivity index (χ0) is 17.6. The lowest BCUT2D eigenvalue weighted by Gasteiger charge is -2.34. The van der Waals surface area contributed by atoms with Crippen molar-refractivity contribution in [2.24, 2.45) is 5.92 Å². The van der Waals surface area contributed by atoms with Crippen LogP contribution in [0.4, 0.5) is 4.79 Å². The van der Waals surface area contributed by atoms with E-state index in [1.54, 1.807) is 4.90 Å². The van der Waals surface area contributed by atoms with Crippen LogP contribution in [-0.2, 0) is 11.3 Å².